The average Bonchev–Trinajstić information content (AvgIpc) is 2.73. The summed E-state index contributed by atoms with van der Waals surface area (Å²) in [4.78, 5) is 21.8. The number of amides is 1. The summed E-state index contributed by atoms with van der Waals surface area (Å²) in [6.07, 6.45) is 4.78. The van der Waals surface area contributed by atoms with E-state index in [4.69, 9.17) is 0 Å². The highest BCUT2D eigenvalue weighted by molar-refractivity contribution is 7.94. The lowest BCUT2D eigenvalue weighted by atomic mass is 9.94. The number of benzene rings is 2. The molecule has 0 aliphatic heterocycles. The third-order valence-corrected chi connectivity index (χ3v) is 6.63. The van der Waals surface area contributed by atoms with E-state index < -0.39 is 32.5 Å². The number of carbonyl (C=O) groups excluding carboxylic acids is 2. The topological polar surface area (TPSA) is 122 Å². The number of sulfonamides is 1. The highest BCUT2D eigenvalue weighted by Crippen LogP contribution is 2.35. The number of ether oxygens (including phenoxy) is 1. The van der Waals surface area contributed by atoms with Crippen molar-refractivity contribution in [2.24, 2.45) is 0 Å². The number of esters is 1. The van der Waals surface area contributed by atoms with Gasteiger partial charge in [-0.3, -0.25) is 9.52 Å². The summed E-state index contributed by atoms with van der Waals surface area (Å²) in [5.74, 6) is -1.72. The number of anilines is 1. The number of phenols is 1. The first kappa shape index (κ1) is 22.1. The van der Waals surface area contributed by atoms with E-state index in [-0.39, 0.29) is 17.7 Å². The summed E-state index contributed by atoms with van der Waals surface area (Å²) < 4.78 is 33.8. The van der Waals surface area contributed by atoms with Gasteiger partial charge in [0.15, 0.2) is 4.87 Å². The third-order valence-electron chi connectivity index (χ3n) is 4.78. The van der Waals surface area contributed by atoms with Crippen LogP contribution in [0.5, 0.6) is 5.75 Å². The van der Waals surface area contributed by atoms with Gasteiger partial charge in [0, 0.05) is 19.4 Å². The number of methoxy groups -OCH3 is 1. The molecule has 3 N–H and O–H groups in total. The number of allylic oxidation sites excluding steroid dienone is 2. The van der Waals surface area contributed by atoms with Gasteiger partial charge in [-0.25, -0.2) is 13.2 Å². The maximum absolute atomic E-state index is 13.4. The van der Waals surface area contributed by atoms with Crippen molar-refractivity contribution in [1.82, 2.24) is 5.32 Å². The predicted octanol–water partition coefficient (Wildman–Crippen LogP) is 2.80. The molecule has 0 heterocycles. The van der Waals surface area contributed by atoms with Crippen LogP contribution in [0.3, 0.4) is 0 Å². The molecule has 1 amide bonds. The zero-order chi connectivity index (χ0) is 22.6. The van der Waals surface area contributed by atoms with E-state index in [2.05, 4.69) is 14.8 Å². The molecule has 0 saturated heterocycles. The highest BCUT2D eigenvalue weighted by atomic mass is 32.2. The summed E-state index contributed by atoms with van der Waals surface area (Å²) in [5.41, 5.74) is 1.48. The van der Waals surface area contributed by atoms with Crippen molar-refractivity contribution in [3.05, 3.63) is 77.9 Å². The molecule has 1 aliphatic rings. The normalized spacial score (nSPS) is 18.1. The second-order valence-electron chi connectivity index (χ2n) is 6.99. The molecule has 0 saturated carbocycles. The molecule has 0 spiro atoms. The minimum Gasteiger partial charge on any atom is -0.507 e. The maximum Gasteiger partial charge on any atom is 0.341 e. The molecule has 0 fully saturated rings. The summed E-state index contributed by atoms with van der Waals surface area (Å²) in [6.45, 7) is 1.24. The monoisotopic (exact) mass is 442 g/mol. The first-order valence-corrected chi connectivity index (χ1v) is 10.8. The zero-order valence-electron chi connectivity index (χ0n) is 17.0. The lowest BCUT2D eigenvalue weighted by molar-refractivity contribution is -0.119. The fourth-order valence-corrected chi connectivity index (χ4v) is 4.83. The molecular formula is C22H22N2O6S. The molecule has 1 aliphatic carbocycles. The lowest BCUT2D eigenvalue weighted by Crippen LogP contribution is -2.55. The van der Waals surface area contributed by atoms with Crippen molar-refractivity contribution in [3.8, 4) is 5.75 Å². The Balaban J connectivity index is 1.96. The summed E-state index contributed by atoms with van der Waals surface area (Å²) in [5, 5.41) is 12.6. The van der Waals surface area contributed by atoms with Crippen LogP contribution in [-0.2, 0) is 19.6 Å². The molecule has 9 heteroatoms. The summed E-state index contributed by atoms with van der Waals surface area (Å²) in [7, 11) is -3.06. The zero-order valence-corrected chi connectivity index (χ0v) is 17.8. The van der Waals surface area contributed by atoms with Crippen LogP contribution in [0.15, 0.2) is 66.8 Å². The SMILES string of the molecule is COC(=O)c1ccc(NS(=O)(=O)C2(NC(C)=O)C=CC=C(c3ccccc3)C2)cc1O. The molecule has 0 bridgehead atoms. The van der Waals surface area contributed by atoms with Crippen LogP contribution >= 0.6 is 0 Å². The number of hydrogen-bond donors (Lipinski definition) is 3. The van der Waals surface area contributed by atoms with Gasteiger partial charge >= 0.3 is 5.97 Å². The van der Waals surface area contributed by atoms with Crippen molar-refractivity contribution in [2.45, 2.75) is 18.2 Å². The number of nitrogens with one attached hydrogen (secondary N) is 2. The number of rotatable bonds is 6. The van der Waals surface area contributed by atoms with Crippen LogP contribution < -0.4 is 10.0 Å². The van der Waals surface area contributed by atoms with Gasteiger partial charge in [-0.2, -0.15) is 0 Å². The Hall–Kier alpha value is -3.59. The van der Waals surface area contributed by atoms with Crippen LogP contribution in [0.1, 0.15) is 29.3 Å². The van der Waals surface area contributed by atoms with E-state index in [9.17, 15) is 23.1 Å². The van der Waals surface area contributed by atoms with Gasteiger partial charge in [-0.05, 0) is 29.3 Å². The van der Waals surface area contributed by atoms with Crippen molar-refractivity contribution in [2.75, 3.05) is 11.8 Å². The largest absolute Gasteiger partial charge is 0.507 e. The number of carbonyl (C=O) groups is 2. The Labute approximate surface area is 180 Å². The Morgan fingerprint density at radius 2 is 1.84 bits per heavy atom. The van der Waals surface area contributed by atoms with Crippen LogP contribution in [0.2, 0.25) is 0 Å². The van der Waals surface area contributed by atoms with Gasteiger partial charge in [0.2, 0.25) is 5.91 Å². The summed E-state index contributed by atoms with van der Waals surface area (Å²) >= 11 is 0. The molecule has 0 radical (unpaired) electrons. The van der Waals surface area contributed by atoms with Crippen LogP contribution in [0.25, 0.3) is 5.57 Å². The van der Waals surface area contributed by atoms with Crippen molar-refractivity contribution in [3.63, 3.8) is 0 Å². The van der Waals surface area contributed by atoms with E-state index in [1.54, 1.807) is 12.2 Å². The molecule has 162 valence electrons. The molecule has 0 aromatic heterocycles. The van der Waals surface area contributed by atoms with E-state index in [1.165, 1.54) is 32.2 Å². The predicted molar refractivity (Wildman–Crippen MR) is 117 cm³/mol. The second-order valence-corrected chi connectivity index (χ2v) is 8.93. The Morgan fingerprint density at radius 1 is 1.13 bits per heavy atom. The van der Waals surface area contributed by atoms with Gasteiger partial charge in [0.25, 0.3) is 10.0 Å². The fraction of sp³-hybridized carbons (Fsp3) is 0.182. The molecule has 8 nitrogen and oxygen atoms in total. The minimum absolute atomic E-state index is 0.00530. The summed E-state index contributed by atoms with van der Waals surface area (Å²) in [6, 6.07) is 12.9. The van der Waals surface area contributed by atoms with Gasteiger partial charge < -0.3 is 15.2 Å². The standard InChI is InChI=1S/C22H22N2O6S/c1-15(25)23-22(12-6-9-17(14-22)16-7-4-3-5-8-16)31(28,29)24-18-10-11-19(20(26)13-18)21(27)30-2/h3-13,24,26H,14H2,1-2H3,(H,23,25). The van der Waals surface area contributed by atoms with Crippen LogP contribution in [0, 0.1) is 0 Å². The third kappa shape index (κ3) is 4.61. The van der Waals surface area contributed by atoms with Crippen molar-refractivity contribution in [1.29, 1.82) is 0 Å². The number of phenolic OH excluding ortho intramolecular Hbond substituents is 1. The molecule has 1 atom stereocenters. The molecule has 2 aromatic carbocycles. The fourth-order valence-electron chi connectivity index (χ4n) is 3.33. The number of aromatic hydroxyl groups is 1. The minimum atomic E-state index is -4.23. The maximum atomic E-state index is 13.4. The molecule has 31 heavy (non-hydrogen) atoms. The Morgan fingerprint density at radius 3 is 2.45 bits per heavy atom. The van der Waals surface area contributed by atoms with E-state index >= 15 is 0 Å². The second kappa shape index (κ2) is 8.65. The number of hydrogen-bond acceptors (Lipinski definition) is 6. The van der Waals surface area contributed by atoms with Crippen molar-refractivity contribution >= 4 is 33.2 Å². The Bertz CT molecular complexity index is 1170. The van der Waals surface area contributed by atoms with E-state index in [0.717, 1.165) is 17.2 Å². The highest BCUT2D eigenvalue weighted by Gasteiger charge is 2.44. The van der Waals surface area contributed by atoms with Crippen molar-refractivity contribution < 1.29 is 27.9 Å². The lowest BCUT2D eigenvalue weighted by Gasteiger charge is -2.34. The van der Waals surface area contributed by atoms with Gasteiger partial charge in [0.1, 0.15) is 11.3 Å². The first-order valence-electron chi connectivity index (χ1n) is 9.34. The van der Waals surface area contributed by atoms with E-state index in [0.29, 0.717) is 0 Å². The first-order chi connectivity index (χ1) is 14.7. The average molecular weight is 442 g/mol. The Kier molecular flexibility index (Phi) is 6.16. The van der Waals surface area contributed by atoms with Crippen LogP contribution in [-0.4, -0.2) is 37.4 Å². The smallest absolute Gasteiger partial charge is 0.341 e. The van der Waals surface area contributed by atoms with Gasteiger partial charge in [0.05, 0.1) is 12.8 Å². The van der Waals surface area contributed by atoms with Gasteiger partial charge in [-0.15, -0.1) is 0 Å². The quantitative estimate of drug-likeness (QED) is 0.592. The molecule has 3 rings (SSSR count). The van der Waals surface area contributed by atoms with E-state index in [1.807, 2.05) is 30.3 Å². The molecule has 2 aromatic rings. The molecular weight excluding hydrogens is 420 g/mol. The van der Waals surface area contributed by atoms with Gasteiger partial charge in [-0.1, -0.05) is 42.5 Å². The van der Waals surface area contributed by atoms with Crippen LogP contribution in [0.4, 0.5) is 5.69 Å². The molecule has 1 unspecified atom stereocenters.